The third-order valence-electron chi connectivity index (χ3n) is 3.43. The molecule has 0 atom stereocenters. The van der Waals surface area contributed by atoms with Crippen LogP contribution in [-0.4, -0.2) is 27.1 Å². The van der Waals surface area contributed by atoms with E-state index in [-0.39, 0.29) is 15.7 Å². The van der Waals surface area contributed by atoms with Gasteiger partial charge < -0.3 is 5.32 Å². The van der Waals surface area contributed by atoms with E-state index in [9.17, 15) is 26.4 Å². The van der Waals surface area contributed by atoms with Crippen LogP contribution >= 0.6 is 34.8 Å². The van der Waals surface area contributed by atoms with Crippen molar-refractivity contribution in [2.45, 2.75) is 6.18 Å². The van der Waals surface area contributed by atoms with Gasteiger partial charge in [-0.05, 0) is 36.4 Å². The van der Waals surface area contributed by atoms with Crippen molar-refractivity contribution >= 4 is 62.1 Å². The molecule has 2 aromatic rings. The van der Waals surface area contributed by atoms with Crippen LogP contribution in [0, 0.1) is 0 Å². The second-order valence-electron chi connectivity index (χ2n) is 5.61. The molecule has 0 heterocycles. The van der Waals surface area contributed by atoms with Gasteiger partial charge in [-0.3, -0.25) is 9.10 Å². The Morgan fingerprint density at radius 2 is 1.71 bits per heavy atom. The van der Waals surface area contributed by atoms with Crippen LogP contribution in [0.4, 0.5) is 24.5 Å². The molecular formula is C16H12Cl3F3N2O3S. The van der Waals surface area contributed by atoms with Gasteiger partial charge in [0.25, 0.3) is 0 Å². The molecule has 1 amide bonds. The number of alkyl halides is 3. The van der Waals surface area contributed by atoms with Crippen molar-refractivity contribution in [3.63, 3.8) is 0 Å². The largest absolute Gasteiger partial charge is 0.416 e. The van der Waals surface area contributed by atoms with E-state index in [2.05, 4.69) is 5.32 Å². The number of rotatable bonds is 5. The smallest absolute Gasteiger partial charge is 0.323 e. The Bertz CT molecular complexity index is 1010. The summed E-state index contributed by atoms with van der Waals surface area (Å²) < 4.78 is 63.6. The van der Waals surface area contributed by atoms with E-state index < -0.39 is 39.9 Å². The topological polar surface area (TPSA) is 66.5 Å². The summed E-state index contributed by atoms with van der Waals surface area (Å²) in [7, 11) is -4.14. The Hall–Kier alpha value is -1.68. The van der Waals surface area contributed by atoms with Gasteiger partial charge in [-0.25, -0.2) is 8.42 Å². The van der Waals surface area contributed by atoms with Gasteiger partial charge in [0, 0.05) is 5.02 Å². The molecule has 152 valence electrons. The summed E-state index contributed by atoms with van der Waals surface area (Å²) in [6.07, 6.45) is -3.98. The Balaban J connectivity index is 2.37. The first-order chi connectivity index (χ1) is 12.8. The number of hydrogen-bond acceptors (Lipinski definition) is 3. The number of sulfonamides is 1. The molecule has 0 fully saturated rings. The predicted octanol–water partition coefficient (Wildman–Crippen LogP) is 5.07. The number of anilines is 2. The summed E-state index contributed by atoms with van der Waals surface area (Å²) in [6, 6.07) is 6.38. The molecule has 0 radical (unpaired) electrons. The second kappa shape index (κ2) is 8.36. The van der Waals surface area contributed by atoms with Crippen molar-refractivity contribution in [1.29, 1.82) is 0 Å². The SMILES string of the molecule is CS(=O)(=O)N(CC(=O)Nc1ccc(Cl)cc1Cl)c1cc(C(F)(F)F)ccc1Cl. The summed E-state index contributed by atoms with van der Waals surface area (Å²) in [5.74, 6) is -0.844. The van der Waals surface area contributed by atoms with Gasteiger partial charge in [-0.2, -0.15) is 13.2 Å². The zero-order chi connectivity index (χ0) is 21.3. The van der Waals surface area contributed by atoms with E-state index in [1.165, 1.54) is 18.2 Å². The lowest BCUT2D eigenvalue weighted by molar-refractivity contribution is -0.137. The van der Waals surface area contributed by atoms with E-state index in [0.717, 1.165) is 12.3 Å². The molecule has 0 saturated carbocycles. The highest BCUT2D eigenvalue weighted by Crippen LogP contribution is 2.36. The fourth-order valence-electron chi connectivity index (χ4n) is 2.17. The molecule has 0 aliphatic heterocycles. The number of benzene rings is 2. The predicted molar refractivity (Wildman–Crippen MR) is 104 cm³/mol. The van der Waals surface area contributed by atoms with Crippen LogP contribution < -0.4 is 9.62 Å². The third kappa shape index (κ3) is 5.66. The number of hydrogen-bond donors (Lipinski definition) is 1. The fourth-order valence-corrected chi connectivity index (χ4v) is 3.76. The molecular weight excluding hydrogens is 464 g/mol. The van der Waals surface area contributed by atoms with Gasteiger partial charge in [0.2, 0.25) is 15.9 Å². The summed E-state index contributed by atoms with van der Waals surface area (Å²) in [5, 5.41) is 2.52. The summed E-state index contributed by atoms with van der Waals surface area (Å²) in [5.41, 5.74) is -1.43. The highest BCUT2D eigenvalue weighted by Gasteiger charge is 2.33. The van der Waals surface area contributed by atoms with Gasteiger partial charge >= 0.3 is 6.18 Å². The molecule has 1 N–H and O–H groups in total. The minimum atomic E-state index is -4.72. The zero-order valence-corrected chi connectivity index (χ0v) is 17.1. The molecule has 2 rings (SSSR count). The van der Waals surface area contributed by atoms with Crippen molar-refractivity contribution in [1.82, 2.24) is 0 Å². The number of amides is 1. The lowest BCUT2D eigenvalue weighted by Crippen LogP contribution is -2.37. The van der Waals surface area contributed by atoms with E-state index in [1.807, 2.05) is 0 Å². The van der Waals surface area contributed by atoms with E-state index in [1.54, 1.807) is 0 Å². The molecule has 0 aromatic heterocycles. The Morgan fingerprint density at radius 1 is 1.07 bits per heavy atom. The monoisotopic (exact) mass is 474 g/mol. The van der Waals surface area contributed by atoms with Crippen LogP contribution in [0.2, 0.25) is 15.1 Å². The Kier molecular flexibility index (Phi) is 6.75. The molecule has 0 spiro atoms. The minimum Gasteiger partial charge on any atom is -0.323 e. The van der Waals surface area contributed by atoms with Crippen LogP contribution in [0.15, 0.2) is 36.4 Å². The third-order valence-corrected chi connectivity index (χ3v) is 5.43. The maximum atomic E-state index is 13.0. The molecule has 0 aliphatic rings. The van der Waals surface area contributed by atoms with Gasteiger partial charge in [0.15, 0.2) is 0 Å². The maximum Gasteiger partial charge on any atom is 0.416 e. The van der Waals surface area contributed by atoms with Crippen molar-refractivity contribution in [2.75, 3.05) is 22.4 Å². The number of nitrogens with one attached hydrogen (secondary N) is 1. The lowest BCUT2D eigenvalue weighted by Gasteiger charge is -2.24. The quantitative estimate of drug-likeness (QED) is 0.656. The van der Waals surface area contributed by atoms with Crippen molar-refractivity contribution in [3.8, 4) is 0 Å². The second-order valence-corrected chi connectivity index (χ2v) is 8.76. The normalized spacial score (nSPS) is 12.0. The number of nitrogens with zero attached hydrogens (tertiary/aromatic N) is 1. The molecule has 12 heteroatoms. The average Bonchev–Trinajstić information content (AvgIpc) is 2.54. The molecule has 2 aromatic carbocycles. The van der Waals surface area contributed by atoms with Crippen LogP contribution in [0.1, 0.15) is 5.56 Å². The number of halogens is 6. The zero-order valence-electron chi connectivity index (χ0n) is 14.0. The van der Waals surface area contributed by atoms with Gasteiger partial charge in [-0.1, -0.05) is 34.8 Å². The maximum absolute atomic E-state index is 13.0. The van der Waals surface area contributed by atoms with Crippen LogP contribution in [0.3, 0.4) is 0 Å². The van der Waals surface area contributed by atoms with E-state index >= 15 is 0 Å². The number of carbonyl (C=O) groups excluding carboxylic acids is 1. The molecule has 0 saturated heterocycles. The Labute approximate surface area is 174 Å². The first kappa shape index (κ1) is 22.6. The van der Waals surface area contributed by atoms with Gasteiger partial charge in [0.1, 0.15) is 6.54 Å². The summed E-state index contributed by atoms with van der Waals surface area (Å²) in [4.78, 5) is 12.3. The Morgan fingerprint density at radius 3 is 2.25 bits per heavy atom. The van der Waals surface area contributed by atoms with Gasteiger partial charge in [0.05, 0.1) is 33.2 Å². The average molecular weight is 476 g/mol. The highest BCUT2D eigenvalue weighted by molar-refractivity contribution is 7.92. The van der Waals surface area contributed by atoms with E-state index in [0.29, 0.717) is 21.5 Å². The van der Waals surface area contributed by atoms with Gasteiger partial charge in [-0.15, -0.1) is 0 Å². The highest BCUT2D eigenvalue weighted by atomic mass is 35.5. The minimum absolute atomic E-state index is 0.101. The molecule has 0 unspecified atom stereocenters. The van der Waals surface area contributed by atoms with Crippen LogP contribution in [0.5, 0.6) is 0 Å². The first-order valence-electron chi connectivity index (χ1n) is 7.38. The lowest BCUT2D eigenvalue weighted by atomic mass is 10.2. The first-order valence-corrected chi connectivity index (χ1v) is 10.4. The van der Waals surface area contributed by atoms with E-state index in [4.69, 9.17) is 34.8 Å². The molecule has 5 nitrogen and oxygen atoms in total. The number of carbonyl (C=O) groups is 1. The summed E-state index contributed by atoms with van der Waals surface area (Å²) in [6.45, 7) is -0.821. The molecule has 0 bridgehead atoms. The van der Waals surface area contributed by atoms with Crippen LogP contribution in [-0.2, 0) is 21.0 Å². The van der Waals surface area contributed by atoms with Crippen molar-refractivity contribution < 1.29 is 26.4 Å². The van der Waals surface area contributed by atoms with Crippen LogP contribution in [0.25, 0.3) is 0 Å². The standard InChI is InChI=1S/C16H12Cl3F3N2O3S/c1-28(26,27)24(14-6-9(16(20,21)22)2-4-11(14)18)8-15(25)23-13-5-3-10(17)7-12(13)19/h2-7H,8H2,1H3,(H,23,25). The van der Waals surface area contributed by atoms with Crippen molar-refractivity contribution in [2.24, 2.45) is 0 Å². The fraction of sp³-hybridized carbons (Fsp3) is 0.188. The summed E-state index contributed by atoms with van der Waals surface area (Å²) >= 11 is 17.6. The van der Waals surface area contributed by atoms with Crippen molar-refractivity contribution in [3.05, 3.63) is 57.0 Å². The molecule has 28 heavy (non-hydrogen) atoms. The molecule has 0 aliphatic carbocycles.